The summed E-state index contributed by atoms with van der Waals surface area (Å²) in [4.78, 5) is 0. The van der Waals surface area contributed by atoms with Gasteiger partial charge >= 0.3 is 0 Å². The molecule has 1 aromatic heterocycles. The quantitative estimate of drug-likeness (QED) is 0.744. The summed E-state index contributed by atoms with van der Waals surface area (Å²) in [7, 11) is 0. The van der Waals surface area contributed by atoms with Crippen LogP contribution in [0.3, 0.4) is 0 Å². The fourth-order valence-electron chi connectivity index (χ4n) is 1.52. The molecule has 15 heavy (non-hydrogen) atoms. The van der Waals surface area contributed by atoms with Crippen molar-refractivity contribution in [2.45, 2.75) is 13.8 Å². The average Bonchev–Trinajstić information content (AvgIpc) is 2.61. The molecular weight excluding hydrogens is 186 g/mol. The maximum atomic E-state index is 4.03. The van der Waals surface area contributed by atoms with Crippen LogP contribution >= 0.6 is 0 Å². The minimum absolute atomic E-state index is 0.774. The molecule has 0 saturated heterocycles. The molecule has 76 valence electrons. The molecule has 0 aliphatic carbocycles. The lowest BCUT2D eigenvalue weighted by Gasteiger charge is -2.06. The number of rotatable bonds is 2. The Balaban J connectivity index is 2.57. The summed E-state index contributed by atoms with van der Waals surface area (Å²) >= 11 is 0. The van der Waals surface area contributed by atoms with Gasteiger partial charge in [0.15, 0.2) is 5.82 Å². The third kappa shape index (κ3) is 1.68. The van der Waals surface area contributed by atoms with Gasteiger partial charge in [0, 0.05) is 5.69 Å². The van der Waals surface area contributed by atoms with Crippen LogP contribution in [0, 0.1) is 13.8 Å². The molecule has 3 nitrogen and oxygen atoms in total. The molecular formula is C12H13N3. The molecule has 1 heterocycles. The van der Waals surface area contributed by atoms with Crippen LogP contribution in [0.1, 0.15) is 17.2 Å². The van der Waals surface area contributed by atoms with Crippen molar-refractivity contribution < 1.29 is 0 Å². The molecule has 3 heteroatoms. The molecule has 0 aliphatic heterocycles. The number of hydrogen-bond acceptors (Lipinski definition) is 2. The molecule has 0 radical (unpaired) electrons. The summed E-state index contributed by atoms with van der Waals surface area (Å²) in [6, 6.07) is 8.25. The van der Waals surface area contributed by atoms with Gasteiger partial charge in [0.2, 0.25) is 0 Å². The number of benzene rings is 1. The van der Waals surface area contributed by atoms with Gasteiger partial charge in [-0.25, -0.2) is 0 Å². The molecule has 0 aliphatic rings. The maximum absolute atomic E-state index is 4.03. The highest BCUT2D eigenvalue weighted by atomic mass is 15.3. The number of hydrogen-bond donors (Lipinski definition) is 0. The summed E-state index contributed by atoms with van der Waals surface area (Å²) in [5, 5.41) is 8.06. The van der Waals surface area contributed by atoms with Gasteiger partial charge in [-0.1, -0.05) is 24.3 Å². The van der Waals surface area contributed by atoms with Crippen LogP contribution < -0.4 is 0 Å². The summed E-state index contributed by atoms with van der Waals surface area (Å²) in [5.41, 5.74) is 2.31. The fourth-order valence-corrected chi connectivity index (χ4v) is 1.52. The van der Waals surface area contributed by atoms with Crippen LogP contribution in [0.2, 0.25) is 0 Å². The van der Waals surface area contributed by atoms with Gasteiger partial charge in [0.1, 0.15) is 5.82 Å². The van der Waals surface area contributed by atoms with E-state index in [9.17, 15) is 0 Å². The van der Waals surface area contributed by atoms with E-state index in [1.54, 1.807) is 6.08 Å². The Hall–Kier alpha value is -1.90. The van der Waals surface area contributed by atoms with E-state index in [0.717, 1.165) is 17.3 Å². The van der Waals surface area contributed by atoms with Gasteiger partial charge in [-0.2, -0.15) is 0 Å². The predicted octanol–water partition coefficient (Wildman–Crippen LogP) is 2.53. The van der Waals surface area contributed by atoms with Crippen molar-refractivity contribution in [2.24, 2.45) is 0 Å². The molecule has 2 aromatic rings. The second-order valence-electron chi connectivity index (χ2n) is 3.48. The molecule has 0 N–H and O–H groups in total. The second kappa shape index (κ2) is 3.69. The Labute approximate surface area is 89.1 Å². The first-order chi connectivity index (χ1) is 7.22. The standard InChI is InChI=1S/C12H13N3/c1-4-12-14-13-10(3)15(12)11-7-5-9(2)6-8-11/h4-8H,1H2,2-3H3. The average molecular weight is 199 g/mol. The van der Waals surface area contributed by atoms with Crippen LogP contribution in [-0.4, -0.2) is 14.8 Å². The molecule has 1 aromatic carbocycles. The molecule has 0 spiro atoms. The molecule has 0 bridgehead atoms. The lowest BCUT2D eigenvalue weighted by Crippen LogP contribution is -1.99. The Morgan fingerprint density at radius 3 is 2.40 bits per heavy atom. The largest absolute Gasteiger partial charge is 0.280 e. The lowest BCUT2D eigenvalue weighted by atomic mass is 10.2. The van der Waals surface area contributed by atoms with Gasteiger partial charge in [-0.05, 0) is 32.1 Å². The lowest BCUT2D eigenvalue weighted by molar-refractivity contribution is 0.963. The first kappa shape index (κ1) is 9.65. The molecule has 0 unspecified atom stereocenters. The van der Waals surface area contributed by atoms with E-state index in [0.29, 0.717) is 0 Å². The van der Waals surface area contributed by atoms with Crippen molar-refractivity contribution in [3.63, 3.8) is 0 Å². The van der Waals surface area contributed by atoms with Crippen LogP contribution in [0.4, 0.5) is 0 Å². The normalized spacial score (nSPS) is 10.3. The van der Waals surface area contributed by atoms with E-state index in [1.165, 1.54) is 5.56 Å². The minimum Gasteiger partial charge on any atom is -0.280 e. The van der Waals surface area contributed by atoms with Crippen molar-refractivity contribution in [3.8, 4) is 5.69 Å². The zero-order valence-electron chi connectivity index (χ0n) is 8.94. The van der Waals surface area contributed by atoms with Gasteiger partial charge < -0.3 is 0 Å². The van der Waals surface area contributed by atoms with Crippen molar-refractivity contribution >= 4 is 6.08 Å². The van der Waals surface area contributed by atoms with Crippen LogP contribution in [-0.2, 0) is 0 Å². The highest BCUT2D eigenvalue weighted by Gasteiger charge is 2.06. The highest BCUT2D eigenvalue weighted by Crippen LogP contribution is 2.14. The molecule has 2 rings (SSSR count). The number of nitrogens with zero attached hydrogens (tertiary/aromatic N) is 3. The van der Waals surface area contributed by atoms with Crippen LogP contribution in [0.25, 0.3) is 11.8 Å². The molecule has 0 atom stereocenters. The first-order valence-electron chi connectivity index (χ1n) is 4.84. The van der Waals surface area contributed by atoms with Gasteiger partial charge in [0.25, 0.3) is 0 Å². The summed E-state index contributed by atoms with van der Waals surface area (Å²) in [6.07, 6.45) is 1.71. The topological polar surface area (TPSA) is 30.7 Å². The van der Waals surface area contributed by atoms with Crippen molar-refractivity contribution in [1.29, 1.82) is 0 Å². The summed E-state index contributed by atoms with van der Waals surface area (Å²) in [6.45, 7) is 7.72. The zero-order chi connectivity index (χ0) is 10.8. The molecule has 0 saturated carbocycles. The van der Waals surface area contributed by atoms with Gasteiger partial charge in [0.05, 0.1) is 0 Å². The SMILES string of the molecule is C=Cc1nnc(C)n1-c1ccc(C)cc1. The van der Waals surface area contributed by atoms with E-state index in [2.05, 4.69) is 48.0 Å². The second-order valence-corrected chi connectivity index (χ2v) is 3.48. The predicted molar refractivity (Wildman–Crippen MR) is 60.9 cm³/mol. The van der Waals surface area contributed by atoms with E-state index >= 15 is 0 Å². The first-order valence-corrected chi connectivity index (χ1v) is 4.84. The van der Waals surface area contributed by atoms with Crippen molar-refractivity contribution in [1.82, 2.24) is 14.8 Å². The number of aryl methyl sites for hydroxylation is 2. The number of aromatic nitrogens is 3. The Kier molecular flexibility index (Phi) is 2.37. The molecule has 0 amide bonds. The highest BCUT2D eigenvalue weighted by molar-refractivity contribution is 5.45. The summed E-state index contributed by atoms with van der Waals surface area (Å²) < 4.78 is 1.98. The van der Waals surface area contributed by atoms with Crippen molar-refractivity contribution in [2.75, 3.05) is 0 Å². The third-order valence-electron chi connectivity index (χ3n) is 2.32. The Morgan fingerprint density at radius 1 is 1.13 bits per heavy atom. The molecule has 0 fully saturated rings. The fraction of sp³-hybridized carbons (Fsp3) is 0.167. The van der Waals surface area contributed by atoms with E-state index in [4.69, 9.17) is 0 Å². The van der Waals surface area contributed by atoms with E-state index < -0.39 is 0 Å². The monoisotopic (exact) mass is 199 g/mol. The van der Waals surface area contributed by atoms with Gasteiger partial charge in [-0.15, -0.1) is 10.2 Å². The zero-order valence-corrected chi connectivity index (χ0v) is 8.94. The van der Waals surface area contributed by atoms with E-state index in [1.807, 2.05) is 11.5 Å². The van der Waals surface area contributed by atoms with Crippen molar-refractivity contribution in [3.05, 3.63) is 48.1 Å². The Bertz CT molecular complexity index is 480. The maximum Gasteiger partial charge on any atom is 0.160 e. The van der Waals surface area contributed by atoms with Crippen LogP contribution in [0.15, 0.2) is 30.8 Å². The van der Waals surface area contributed by atoms with Crippen LogP contribution in [0.5, 0.6) is 0 Å². The van der Waals surface area contributed by atoms with E-state index in [-0.39, 0.29) is 0 Å². The minimum atomic E-state index is 0.774. The summed E-state index contributed by atoms with van der Waals surface area (Å²) in [5.74, 6) is 1.64. The smallest absolute Gasteiger partial charge is 0.160 e. The third-order valence-corrected chi connectivity index (χ3v) is 2.32. The van der Waals surface area contributed by atoms with Gasteiger partial charge in [-0.3, -0.25) is 4.57 Å². The Morgan fingerprint density at radius 2 is 1.80 bits per heavy atom.